The minimum atomic E-state index is -0.220. The summed E-state index contributed by atoms with van der Waals surface area (Å²) in [6, 6.07) is 6.39. The van der Waals surface area contributed by atoms with E-state index < -0.39 is 0 Å². The molecule has 62 valence electrons. The van der Waals surface area contributed by atoms with Crippen LogP contribution >= 0.6 is 0 Å². The molecule has 1 aromatic rings. The first kappa shape index (κ1) is 7.47. The Labute approximate surface area is 70.2 Å². The first-order valence-electron chi connectivity index (χ1n) is 4.02. The smallest absolute Gasteiger partial charge is 0.123 e. The van der Waals surface area contributed by atoms with Gasteiger partial charge in [-0.25, -0.2) is 4.39 Å². The van der Waals surface area contributed by atoms with Gasteiger partial charge in [-0.05, 0) is 30.0 Å². The average molecular weight is 164 g/mol. The lowest BCUT2D eigenvalue weighted by Crippen LogP contribution is -1.84. The van der Waals surface area contributed by atoms with Crippen LogP contribution in [0.25, 0.3) is 0 Å². The molecule has 2 heteroatoms. The molecule has 1 saturated carbocycles. The van der Waals surface area contributed by atoms with E-state index in [0.717, 1.165) is 18.3 Å². The summed E-state index contributed by atoms with van der Waals surface area (Å²) in [5.41, 5.74) is 1.08. The molecule has 1 aromatic carbocycles. The van der Waals surface area contributed by atoms with Gasteiger partial charge in [-0.3, -0.25) is 0 Å². The fourth-order valence-corrected chi connectivity index (χ4v) is 1.46. The summed E-state index contributed by atoms with van der Waals surface area (Å²) < 4.78 is 12.5. The van der Waals surface area contributed by atoms with Crippen LogP contribution in [0.15, 0.2) is 24.3 Å². The molecule has 2 rings (SSSR count). The third kappa shape index (κ3) is 1.24. The molecular weight excluding hydrogens is 155 g/mol. The highest BCUT2D eigenvalue weighted by Gasteiger charge is 2.37. The summed E-state index contributed by atoms with van der Waals surface area (Å²) in [6.07, 6.45) is 1.91. The Morgan fingerprint density at radius 2 is 2.00 bits per heavy atom. The molecule has 0 aromatic heterocycles. The topological polar surface area (TPSA) is 17.1 Å². The number of halogens is 1. The van der Waals surface area contributed by atoms with E-state index in [2.05, 4.69) is 0 Å². The number of aldehydes is 1. The van der Waals surface area contributed by atoms with Gasteiger partial charge in [0.05, 0.1) is 0 Å². The highest BCUT2D eigenvalue weighted by atomic mass is 19.1. The van der Waals surface area contributed by atoms with Gasteiger partial charge in [-0.2, -0.15) is 0 Å². The molecule has 0 bridgehead atoms. The number of carbonyl (C=O) groups excluding carboxylic acids is 1. The van der Waals surface area contributed by atoms with Crippen molar-refractivity contribution in [2.45, 2.75) is 12.3 Å². The van der Waals surface area contributed by atoms with Gasteiger partial charge >= 0.3 is 0 Å². The highest BCUT2D eigenvalue weighted by molar-refractivity contribution is 5.61. The molecule has 0 radical (unpaired) electrons. The molecule has 1 aliphatic carbocycles. The Balaban J connectivity index is 2.15. The van der Waals surface area contributed by atoms with Crippen molar-refractivity contribution in [1.82, 2.24) is 0 Å². The zero-order chi connectivity index (χ0) is 8.55. The molecule has 2 atom stereocenters. The van der Waals surface area contributed by atoms with E-state index in [0.29, 0.717) is 5.92 Å². The number of hydrogen-bond acceptors (Lipinski definition) is 1. The first-order valence-corrected chi connectivity index (χ1v) is 4.02. The number of hydrogen-bond donors (Lipinski definition) is 0. The standard InChI is InChI=1S/C10H9FO/c11-9-3-1-7(2-4-9)10-5-8(10)6-12/h1-4,6,8,10H,5H2/t8-,10-/m0/s1. The second-order valence-electron chi connectivity index (χ2n) is 3.19. The van der Waals surface area contributed by atoms with Gasteiger partial charge in [0.2, 0.25) is 0 Å². The van der Waals surface area contributed by atoms with E-state index in [1.165, 1.54) is 12.1 Å². The van der Waals surface area contributed by atoms with E-state index >= 15 is 0 Å². The predicted molar refractivity (Wildman–Crippen MR) is 43.3 cm³/mol. The normalized spacial score (nSPS) is 26.8. The van der Waals surface area contributed by atoms with Gasteiger partial charge in [0.25, 0.3) is 0 Å². The van der Waals surface area contributed by atoms with E-state index in [4.69, 9.17) is 0 Å². The molecule has 0 N–H and O–H groups in total. The van der Waals surface area contributed by atoms with Gasteiger partial charge in [0.1, 0.15) is 12.1 Å². The van der Waals surface area contributed by atoms with Gasteiger partial charge in [0, 0.05) is 5.92 Å². The van der Waals surface area contributed by atoms with E-state index in [1.54, 1.807) is 12.1 Å². The molecule has 0 aliphatic heterocycles. The van der Waals surface area contributed by atoms with E-state index in [-0.39, 0.29) is 11.7 Å². The van der Waals surface area contributed by atoms with Crippen LogP contribution < -0.4 is 0 Å². The van der Waals surface area contributed by atoms with Crippen molar-refractivity contribution < 1.29 is 9.18 Å². The maximum Gasteiger partial charge on any atom is 0.123 e. The fraction of sp³-hybridized carbons (Fsp3) is 0.300. The summed E-state index contributed by atoms with van der Waals surface area (Å²) in [5, 5.41) is 0. The van der Waals surface area contributed by atoms with Gasteiger partial charge in [0.15, 0.2) is 0 Å². The zero-order valence-electron chi connectivity index (χ0n) is 6.53. The molecule has 1 aliphatic rings. The minimum Gasteiger partial charge on any atom is -0.303 e. The van der Waals surface area contributed by atoms with Crippen LogP contribution in [0.3, 0.4) is 0 Å². The van der Waals surface area contributed by atoms with Crippen LogP contribution in [0, 0.1) is 11.7 Å². The Kier molecular flexibility index (Phi) is 1.68. The molecule has 0 saturated heterocycles. The van der Waals surface area contributed by atoms with Crippen molar-refractivity contribution in [1.29, 1.82) is 0 Å². The maximum absolute atomic E-state index is 12.5. The predicted octanol–water partition coefficient (Wildman–Crippen LogP) is 2.13. The summed E-state index contributed by atoms with van der Waals surface area (Å²) >= 11 is 0. The average Bonchev–Trinajstić information content (AvgIpc) is 2.85. The van der Waals surface area contributed by atoms with E-state index in [1.807, 2.05) is 0 Å². The van der Waals surface area contributed by atoms with Crippen LogP contribution in [0.1, 0.15) is 17.9 Å². The molecule has 0 unspecified atom stereocenters. The summed E-state index contributed by atoms with van der Waals surface area (Å²) in [6.45, 7) is 0. The second-order valence-corrected chi connectivity index (χ2v) is 3.19. The van der Waals surface area contributed by atoms with Crippen LogP contribution in [0.5, 0.6) is 0 Å². The van der Waals surface area contributed by atoms with Crippen LogP contribution in [-0.2, 0) is 4.79 Å². The number of benzene rings is 1. The molecular formula is C10H9FO. The highest BCUT2D eigenvalue weighted by Crippen LogP contribution is 2.45. The zero-order valence-corrected chi connectivity index (χ0v) is 6.53. The lowest BCUT2D eigenvalue weighted by molar-refractivity contribution is -0.108. The van der Waals surface area contributed by atoms with Crippen molar-refractivity contribution in [3.05, 3.63) is 35.6 Å². The van der Waals surface area contributed by atoms with Crippen LogP contribution in [-0.4, -0.2) is 6.29 Å². The van der Waals surface area contributed by atoms with Gasteiger partial charge in [-0.15, -0.1) is 0 Å². The maximum atomic E-state index is 12.5. The summed E-state index contributed by atoms with van der Waals surface area (Å²) in [5.74, 6) is 0.306. The monoisotopic (exact) mass is 164 g/mol. The van der Waals surface area contributed by atoms with Crippen molar-refractivity contribution in [2.24, 2.45) is 5.92 Å². The first-order chi connectivity index (χ1) is 5.81. The molecule has 1 fully saturated rings. The third-order valence-corrected chi connectivity index (χ3v) is 2.31. The fourth-order valence-electron chi connectivity index (χ4n) is 1.46. The molecule has 0 spiro atoms. The lowest BCUT2D eigenvalue weighted by Gasteiger charge is -1.95. The van der Waals surface area contributed by atoms with Gasteiger partial charge < -0.3 is 4.79 Å². The van der Waals surface area contributed by atoms with Crippen molar-refractivity contribution >= 4 is 6.29 Å². The minimum absolute atomic E-state index is 0.176. The van der Waals surface area contributed by atoms with Crippen LogP contribution in [0.2, 0.25) is 0 Å². The quantitative estimate of drug-likeness (QED) is 0.612. The van der Waals surface area contributed by atoms with Crippen molar-refractivity contribution in [3.8, 4) is 0 Å². The molecule has 1 nitrogen and oxygen atoms in total. The SMILES string of the molecule is O=C[C@@H]1C[C@H]1c1ccc(F)cc1. The van der Waals surface area contributed by atoms with Crippen molar-refractivity contribution in [2.75, 3.05) is 0 Å². The Morgan fingerprint density at radius 1 is 1.33 bits per heavy atom. The Hall–Kier alpha value is -1.18. The second kappa shape index (κ2) is 2.70. The van der Waals surface area contributed by atoms with Crippen LogP contribution in [0.4, 0.5) is 4.39 Å². The summed E-state index contributed by atoms with van der Waals surface area (Å²) in [7, 11) is 0. The molecule has 12 heavy (non-hydrogen) atoms. The largest absolute Gasteiger partial charge is 0.303 e. The number of carbonyl (C=O) groups is 1. The molecule has 0 amide bonds. The molecule has 0 heterocycles. The number of rotatable bonds is 2. The lowest BCUT2D eigenvalue weighted by atomic mass is 10.1. The van der Waals surface area contributed by atoms with E-state index in [9.17, 15) is 9.18 Å². The Morgan fingerprint density at radius 3 is 2.50 bits per heavy atom. The Bertz CT molecular complexity index is 291. The van der Waals surface area contributed by atoms with Gasteiger partial charge in [-0.1, -0.05) is 12.1 Å². The third-order valence-electron chi connectivity index (χ3n) is 2.31. The van der Waals surface area contributed by atoms with Crippen molar-refractivity contribution in [3.63, 3.8) is 0 Å². The summed E-state index contributed by atoms with van der Waals surface area (Å²) in [4.78, 5) is 10.3.